The fraction of sp³-hybridized carbons (Fsp3) is 0.450. The van der Waals surface area contributed by atoms with Crippen LogP contribution < -0.4 is 4.90 Å². The molecular formula is C20H23N5O. The summed E-state index contributed by atoms with van der Waals surface area (Å²) in [6.07, 6.45) is 9.00. The van der Waals surface area contributed by atoms with Gasteiger partial charge in [0.25, 0.3) is 11.8 Å². The van der Waals surface area contributed by atoms with Crippen LogP contribution in [0.5, 0.6) is 0 Å². The topological polar surface area (TPSA) is 60.0 Å². The molecule has 0 atom stereocenters. The van der Waals surface area contributed by atoms with Gasteiger partial charge >= 0.3 is 0 Å². The number of piperidine rings is 1. The Morgan fingerprint density at radius 3 is 2.62 bits per heavy atom. The third-order valence-electron chi connectivity index (χ3n) is 5.48. The van der Waals surface area contributed by atoms with Crippen LogP contribution >= 0.6 is 0 Å². The van der Waals surface area contributed by atoms with E-state index in [-0.39, 0.29) is 0 Å². The number of rotatable bonds is 5. The zero-order valence-corrected chi connectivity index (χ0v) is 14.8. The molecule has 134 valence electrons. The average Bonchev–Trinajstić information content (AvgIpc) is 3.18. The smallest absolute Gasteiger partial charge is 0.266 e. The molecule has 0 amide bonds. The van der Waals surface area contributed by atoms with Crippen LogP contribution in [0.15, 0.2) is 47.2 Å². The molecule has 2 fully saturated rings. The van der Waals surface area contributed by atoms with Crippen molar-refractivity contribution in [3.63, 3.8) is 0 Å². The zero-order valence-electron chi connectivity index (χ0n) is 14.8. The molecule has 1 aromatic carbocycles. The van der Waals surface area contributed by atoms with Gasteiger partial charge in [-0.25, -0.2) is 4.98 Å². The molecule has 2 aliphatic rings. The van der Waals surface area contributed by atoms with Gasteiger partial charge in [0.05, 0.1) is 0 Å². The SMILES string of the molecule is c1ccc(-c2nc(N3CCC(c4nccn4CC4CC4)CC3)no2)cc1. The second-order valence-electron chi connectivity index (χ2n) is 7.41. The van der Waals surface area contributed by atoms with Gasteiger partial charge < -0.3 is 14.0 Å². The van der Waals surface area contributed by atoms with Gasteiger partial charge in [-0.3, -0.25) is 0 Å². The highest BCUT2D eigenvalue weighted by atomic mass is 16.5. The van der Waals surface area contributed by atoms with Crippen LogP contribution in [-0.4, -0.2) is 32.8 Å². The minimum Gasteiger partial charge on any atom is -0.338 e. The summed E-state index contributed by atoms with van der Waals surface area (Å²) in [5.41, 5.74) is 0.961. The molecule has 6 heteroatoms. The Labute approximate surface area is 152 Å². The first-order chi connectivity index (χ1) is 12.9. The van der Waals surface area contributed by atoms with Gasteiger partial charge in [0.1, 0.15) is 5.82 Å². The highest BCUT2D eigenvalue weighted by molar-refractivity contribution is 5.54. The summed E-state index contributed by atoms with van der Waals surface area (Å²) in [5.74, 6) is 3.94. The molecule has 1 aliphatic carbocycles. The largest absolute Gasteiger partial charge is 0.338 e. The Morgan fingerprint density at radius 2 is 1.85 bits per heavy atom. The molecule has 0 unspecified atom stereocenters. The lowest BCUT2D eigenvalue weighted by molar-refractivity contribution is 0.418. The van der Waals surface area contributed by atoms with Crippen molar-refractivity contribution in [2.75, 3.05) is 18.0 Å². The van der Waals surface area contributed by atoms with Crippen LogP contribution in [0.3, 0.4) is 0 Å². The first-order valence-electron chi connectivity index (χ1n) is 9.52. The third kappa shape index (κ3) is 3.11. The predicted molar refractivity (Wildman–Crippen MR) is 98.9 cm³/mol. The van der Waals surface area contributed by atoms with Crippen molar-refractivity contribution < 1.29 is 4.52 Å². The lowest BCUT2D eigenvalue weighted by Crippen LogP contribution is -2.34. The quantitative estimate of drug-likeness (QED) is 0.702. The maximum atomic E-state index is 5.45. The standard InChI is InChI=1S/C20H23N5O/c1-2-4-17(5-3-1)19-22-20(23-26-19)24-11-8-16(9-12-24)18-21-10-13-25(18)14-15-6-7-15/h1-5,10,13,15-16H,6-9,11-12,14H2. The van der Waals surface area contributed by atoms with Crippen LogP contribution in [0.25, 0.3) is 11.5 Å². The van der Waals surface area contributed by atoms with Crippen molar-refractivity contribution in [2.45, 2.75) is 38.1 Å². The Balaban J connectivity index is 1.25. The lowest BCUT2D eigenvalue weighted by Gasteiger charge is -2.30. The molecule has 6 nitrogen and oxygen atoms in total. The van der Waals surface area contributed by atoms with Crippen LogP contribution in [0, 0.1) is 5.92 Å². The van der Waals surface area contributed by atoms with E-state index in [0.29, 0.717) is 17.8 Å². The van der Waals surface area contributed by atoms with Gasteiger partial charge in [-0.2, -0.15) is 4.98 Å². The third-order valence-corrected chi connectivity index (χ3v) is 5.48. The fourth-order valence-corrected chi connectivity index (χ4v) is 3.79. The fourth-order valence-electron chi connectivity index (χ4n) is 3.79. The molecule has 1 saturated heterocycles. The van der Waals surface area contributed by atoms with Crippen LogP contribution in [-0.2, 0) is 6.54 Å². The van der Waals surface area contributed by atoms with Crippen molar-refractivity contribution in [1.82, 2.24) is 19.7 Å². The molecule has 3 aromatic rings. The number of benzene rings is 1. The minimum atomic E-state index is 0.528. The Hall–Kier alpha value is -2.63. The highest BCUT2D eigenvalue weighted by Crippen LogP contribution is 2.34. The second-order valence-corrected chi connectivity index (χ2v) is 7.41. The van der Waals surface area contributed by atoms with Gasteiger partial charge in [-0.1, -0.05) is 18.2 Å². The van der Waals surface area contributed by atoms with E-state index >= 15 is 0 Å². The number of nitrogens with zero attached hydrogens (tertiary/aromatic N) is 5. The van der Waals surface area contributed by atoms with Gasteiger partial charge in [-0.15, -0.1) is 0 Å². The molecule has 0 N–H and O–H groups in total. The summed E-state index contributed by atoms with van der Waals surface area (Å²) in [6, 6.07) is 9.92. The van der Waals surface area contributed by atoms with Gasteiger partial charge in [0.2, 0.25) is 0 Å². The van der Waals surface area contributed by atoms with Crippen LogP contribution in [0.2, 0.25) is 0 Å². The van der Waals surface area contributed by atoms with Crippen LogP contribution in [0.4, 0.5) is 5.95 Å². The maximum absolute atomic E-state index is 5.45. The summed E-state index contributed by atoms with van der Waals surface area (Å²) in [7, 11) is 0. The Morgan fingerprint density at radius 1 is 1.04 bits per heavy atom. The van der Waals surface area contributed by atoms with Gasteiger partial charge in [0.15, 0.2) is 0 Å². The first kappa shape index (κ1) is 15.6. The highest BCUT2D eigenvalue weighted by Gasteiger charge is 2.28. The van der Waals surface area contributed by atoms with Crippen molar-refractivity contribution in [1.29, 1.82) is 0 Å². The molecule has 1 aliphatic heterocycles. The van der Waals surface area contributed by atoms with E-state index in [1.165, 1.54) is 18.7 Å². The molecule has 5 rings (SSSR count). The Bertz CT molecular complexity index is 859. The molecule has 0 bridgehead atoms. The first-order valence-corrected chi connectivity index (χ1v) is 9.52. The monoisotopic (exact) mass is 349 g/mol. The van der Waals surface area contributed by atoms with Crippen molar-refractivity contribution in [3.05, 3.63) is 48.5 Å². The predicted octanol–water partition coefficient (Wildman–Crippen LogP) is 3.73. The van der Waals surface area contributed by atoms with Crippen LogP contribution in [0.1, 0.15) is 37.4 Å². The van der Waals surface area contributed by atoms with Crippen molar-refractivity contribution in [2.24, 2.45) is 5.92 Å². The van der Waals surface area contributed by atoms with E-state index in [0.717, 1.165) is 44.0 Å². The summed E-state index contributed by atoms with van der Waals surface area (Å²) < 4.78 is 7.83. The molecule has 26 heavy (non-hydrogen) atoms. The zero-order chi connectivity index (χ0) is 17.3. The number of anilines is 1. The van der Waals surface area contributed by atoms with E-state index in [1.807, 2.05) is 36.5 Å². The lowest BCUT2D eigenvalue weighted by atomic mass is 9.96. The molecule has 3 heterocycles. The van der Waals surface area contributed by atoms with E-state index < -0.39 is 0 Å². The molecule has 1 saturated carbocycles. The minimum absolute atomic E-state index is 0.528. The maximum Gasteiger partial charge on any atom is 0.266 e. The number of hydrogen-bond acceptors (Lipinski definition) is 5. The molecule has 2 aromatic heterocycles. The van der Waals surface area contributed by atoms with E-state index in [4.69, 9.17) is 4.52 Å². The van der Waals surface area contributed by atoms with E-state index in [1.54, 1.807) is 0 Å². The summed E-state index contributed by atoms with van der Waals surface area (Å²) in [6.45, 7) is 3.02. The van der Waals surface area contributed by atoms with Crippen molar-refractivity contribution in [3.8, 4) is 11.5 Å². The summed E-state index contributed by atoms with van der Waals surface area (Å²) >= 11 is 0. The van der Waals surface area contributed by atoms with Gasteiger partial charge in [-0.05, 0) is 48.9 Å². The Kier molecular flexibility index (Phi) is 3.96. The molecule has 0 spiro atoms. The number of imidazole rings is 1. The summed E-state index contributed by atoms with van der Waals surface area (Å²) in [4.78, 5) is 11.5. The van der Waals surface area contributed by atoms with E-state index in [9.17, 15) is 0 Å². The molecule has 0 radical (unpaired) electrons. The number of aromatic nitrogens is 4. The van der Waals surface area contributed by atoms with Gasteiger partial charge in [0, 0.05) is 43.5 Å². The normalized spacial score (nSPS) is 18.4. The number of hydrogen-bond donors (Lipinski definition) is 0. The van der Waals surface area contributed by atoms with E-state index in [2.05, 4.69) is 30.8 Å². The second kappa shape index (κ2) is 6.59. The molecular weight excluding hydrogens is 326 g/mol. The average molecular weight is 349 g/mol. The summed E-state index contributed by atoms with van der Waals surface area (Å²) in [5, 5.41) is 4.19. The van der Waals surface area contributed by atoms with Crippen molar-refractivity contribution >= 4 is 5.95 Å².